The fraction of sp³-hybridized carbons (Fsp3) is 0.0238. The molecule has 1 aliphatic rings. The Morgan fingerprint density at radius 3 is 2.00 bits per heavy atom. The number of para-hydroxylation sites is 3. The standard InChI is InChI=1S/C42H28N2/c1-3-15-32(16-4-1)42(33-25-23-29-13-7-8-14-30(29)27-33)37-20-10-9-19-35(37)36-26-24-31(28-38(36)42)41-43-39-21-11-12-22-40(39)44(41)34-17-5-2-6-18-34/h1-28H. The highest BCUT2D eigenvalue weighted by molar-refractivity contribution is 5.91. The fourth-order valence-electron chi connectivity index (χ4n) is 7.38. The summed E-state index contributed by atoms with van der Waals surface area (Å²) >= 11 is 0. The molecular formula is C42H28N2. The zero-order chi connectivity index (χ0) is 29.1. The highest BCUT2D eigenvalue weighted by atomic mass is 15.1. The van der Waals surface area contributed by atoms with Crippen LogP contribution in [0.4, 0.5) is 0 Å². The third kappa shape index (κ3) is 3.52. The number of benzene rings is 7. The van der Waals surface area contributed by atoms with Gasteiger partial charge in [0.05, 0.1) is 16.4 Å². The van der Waals surface area contributed by atoms with E-state index in [0.717, 1.165) is 28.1 Å². The van der Waals surface area contributed by atoms with E-state index in [9.17, 15) is 0 Å². The van der Waals surface area contributed by atoms with Crippen molar-refractivity contribution >= 4 is 21.8 Å². The number of imidazole rings is 1. The lowest BCUT2D eigenvalue weighted by atomic mass is 9.67. The van der Waals surface area contributed by atoms with E-state index in [2.05, 4.69) is 174 Å². The zero-order valence-electron chi connectivity index (χ0n) is 24.1. The normalized spacial score (nSPS) is 15.4. The largest absolute Gasteiger partial charge is 0.292 e. The second-order valence-electron chi connectivity index (χ2n) is 11.6. The quantitative estimate of drug-likeness (QED) is 0.209. The molecule has 1 aromatic heterocycles. The van der Waals surface area contributed by atoms with Crippen molar-refractivity contribution in [3.8, 4) is 28.2 Å². The van der Waals surface area contributed by atoms with E-state index in [1.54, 1.807) is 0 Å². The molecule has 8 aromatic rings. The Kier molecular flexibility index (Phi) is 5.45. The third-order valence-electron chi connectivity index (χ3n) is 9.27. The van der Waals surface area contributed by atoms with Gasteiger partial charge in [0.15, 0.2) is 0 Å². The van der Waals surface area contributed by atoms with Crippen LogP contribution in [-0.4, -0.2) is 9.55 Å². The Hall–Kier alpha value is -5.73. The molecule has 0 saturated heterocycles. The Bertz CT molecular complexity index is 2330. The van der Waals surface area contributed by atoms with Crippen LogP contribution < -0.4 is 0 Å². The average Bonchev–Trinajstić information content (AvgIpc) is 3.63. The summed E-state index contributed by atoms with van der Waals surface area (Å²) in [5, 5.41) is 2.49. The highest BCUT2D eigenvalue weighted by Crippen LogP contribution is 2.57. The van der Waals surface area contributed by atoms with Crippen LogP contribution in [0.5, 0.6) is 0 Å². The Balaban J connectivity index is 1.38. The van der Waals surface area contributed by atoms with Crippen LogP contribution in [0, 0.1) is 0 Å². The minimum Gasteiger partial charge on any atom is -0.292 e. The predicted octanol–water partition coefficient (Wildman–Crippen LogP) is 10.2. The number of aromatic nitrogens is 2. The maximum absolute atomic E-state index is 5.23. The van der Waals surface area contributed by atoms with Crippen molar-refractivity contribution in [2.45, 2.75) is 5.41 Å². The topological polar surface area (TPSA) is 17.8 Å². The van der Waals surface area contributed by atoms with E-state index in [0.29, 0.717) is 0 Å². The molecule has 0 N–H and O–H groups in total. The molecule has 2 heteroatoms. The molecule has 0 spiro atoms. The van der Waals surface area contributed by atoms with Crippen molar-refractivity contribution in [2.75, 3.05) is 0 Å². The van der Waals surface area contributed by atoms with Gasteiger partial charge in [0, 0.05) is 11.3 Å². The van der Waals surface area contributed by atoms with E-state index in [-0.39, 0.29) is 0 Å². The minimum absolute atomic E-state index is 0.489. The van der Waals surface area contributed by atoms with Gasteiger partial charge >= 0.3 is 0 Å². The first-order valence-corrected chi connectivity index (χ1v) is 15.1. The van der Waals surface area contributed by atoms with Gasteiger partial charge in [-0.15, -0.1) is 0 Å². The summed E-state index contributed by atoms with van der Waals surface area (Å²) in [6, 6.07) is 61.5. The van der Waals surface area contributed by atoms with E-state index < -0.39 is 5.41 Å². The van der Waals surface area contributed by atoms with Crippen LogP contribution in [0.2, 0.25) is 0 Å². The van der Waals surface area contributed by atoms with Gasteiger partial charge in [-0.1, -0.05) is 133 Å². The Morgan fingerprint density at radius 1 is 0.455 bits per heavy atom. The lowest BCUT2D eigenvalue weighted by Crippen LogP contribution is -2.28. The van der Waals surface area contributed by atoms with E-state index in [4.69, 9.17) is 4.98 Å². The summed E-state index contributed by atoms with van der Waals surface area (Å²) in [5.41, 5.74) is 11.5. The number of hydrogen-bond donors (Lipinski definition) is 0. The monoisotopic (exact) mass is 560 g/mol. The zero-order valence-corrected chi connectivity index (χ0v) is 24.1. The summed E-state index contributed by atoms with van der Waals surface area (Å²) in [6.45, 7) is 0. The van der Waals surface area contributed by atoms with Gasteiger partial charge in [0.2, 0.25) is 0 Å². The molecule has 9 rings (SSSR count). The predicted molar refractivity (Wildman–Crippen MR) is 181 cm³/mol. The molecule has 206 valence electrons. The maximum Gasteiger partial charge on any atom is 0.145 e. The molecule has 0 radical (unpaired) electrons. The van der Waals surface area contributed by atoms with Crippen molar-refractivity contribution in [3.05, 3.63) is 192 Å². The number of nitrogens with zero attached hydrogens (tertiary/aromatic N) is 2. The molecular weight excluding hydrogens is 532 g/mol. The van der Waals surface area contributed by atoms with Crippen LogP contribution in [-0.2, 0) is 5.41 Å². The molecule has 1 aliphatic carbocycles. The lowest BCUT2D eigenvalue weighted by molar-refractivity contribution is 0.770. The van der Waals surface area contributed by atoms with Crippen molar-refractivity contribution < 1.29 is 0 Å². The number of fused-ring (bicyclic) bond motifs is 5. The molecule has 0 saturated carbocycles. The first-order valence-electron chi connectivity index (χ1n) is 15.1. The van der Waals surface area contributed by atoms with Gasteiger partial charge in [-0.05, 0) is 80.6 Å². The summed E-state index contributed by atoms with van der Waals surface area (Å²) in [6.07, 6.45) is 0. The minimum atomic E-state index is -0.489. The molecule has 1 heterocycles. The smallest absolute Gasteiger partial charge is 0.145 e. The molecule has 1 atom stereocenters. The molecule has 0 fully saturated rings. The first-order chi connectivity index (χ1) is 21.8. The second-order valence-corrected chi connectivity index (χ2v) is 11.6. The van der Waals surface area contributed by atoms with Crippen molar-refractivity contribution in [2.24, 2.45) is 0 Å². The van der Waals surface area contributed by atoms with E-state index >= 15 is 0 Å². The summed E-state index contributed by atoms with van der Waals surface area (Å²) in [4.78, 5) is 5.23. The van der Waals surface area contributed by atoms with E-state index in [1.807, 2.05) is 0 Å². The van der Waals surface area contributed by atoms with Crippen LogP contribution in [0.25, 0.3) is 50.0 Å². The summed E-state index contributed by atoms with van der Waals surface area (Å²) in [5.74, 6) is 0.941. The highest BCUT2D eigenvalue weighted by Gasteiger charge is 2.46. The Morgan fingerprint density at radius 2 is 1.14 bits per heavy atom. The van der Waals surface area contributed by atoms with Crippen LogP contribution in [0.1, 0.15) is 22.3 Å². The van der Waals surface area contributed by atoms with Crippen LogP contribution in [0.3, 0.4) is 0 Å². The average molecular weight is 561 g/mol. The second kappa shape index (κ2) is 9.65. The third-order valence-corrected chi connectivity index (χ3v) is 9.27. The Labute approximate surface area is 256 Å². The molecule has 44 heavy (non-hydrogen) atoms. The summed E-state index contributed by atoms with van der Waals surface area (Å²) < 4.78 is 2.29. The van der Waals surface area contributed by atoms with Crippen molar-refractivity contribution in [1.29, 1.82) is 0 Å². The molecule has 1 unspecified atom stereocenters. The fourth-order valence-corrected chi connectivity index (χ4v) is 7.38. The molecule has 0 amide bonds. The maximum atomic E-state index is 5.23. The lowest BCUT2D eigenvalue weighted by Gasteiger charge is -2.34. The van der Waals surface area contributed by atoms with Crippen molar-refractivity contribution in [3.63, 3.8) is 0 Å². The van der Waals surface area contributed by atoms with Gasteiger partial charge < -0.3 is 0 Å². The number of rotatable bonds is 4. The van der Waals surface area contributed by atoms with Gasteiger partial charge in [0.1, 0.15) is 5.82 Å². The first kappa shape index (κ1) is 24.8. The molecule has 7 aromatic carbocycles. The van der Waals surface area contributed by atoms with Crippen LogP contribution in [0.15, 0.2) is 170 Å². The molecule has 0 aliphatic heterocycles. The van der Waals surface area contributed by atoms with Gasteiger partial charge in [-0.3, -0.25) is 4.57 Å². The number of hydrogen-bond acceptors (Lipinski definition) is 1. The summed E-state index contributed by atoms with van der Waals surface area (Å²) in [7, 11) is 0. The van der Waals surface area contributed by atoms with Gasteiger partial charge in [-0.25, -0.2) is 4.98 Å². The molecule has 0 bridgehead atoms. The SMILES string of the molecule is c1ccc(-n2c(-c3ccc4c(c3)C(c3ccccc3)(c3ccc5ccccc5c3)c3ccccc3-4)nc3ccccc32)cc1. The van der Waals surface area contributed by atoms with E-state index in [1.165, 1.54) is 44.2 Å². The van der Waals surface area contributed by atoms with Gasteiger partial charge in [0.25, 0.3) is 0 Å². The van der Waals surface area contributed by atoms with Crippen LogP contribution >= 0.6 is 0 Å². The molecule has 2 nitrogen and oxygen atoms in total. The van der Waals surface area contributed by atoms with Gasteiger partial charge in [-0.2, -0.15) is 0 Å². The van der Waals surface area contributed by atoms with Crippen molar-refractivity contribution in [1.82, 2.24) is 9.55 Å².